The maximum absolute atomic E-state index is 12.6. The number of hydrogen-bond acceptors (Lipinski definition) is 2. The van der Waals surface area contributed by atoms with Crippen molar-refractivity contribution in [2.24, 2.45) is 11.8 Å². The van der Waals surface area contributed by atoms with Crippen LogP contribution in [0.25, 0.3) is 5.69 Å². The second kappa shape index (κ2) is 5.13. The summed E-state index contributed by atoms with van der Waals surface area (Å²) in [5, 5.41) is 7.94. The van der Waals surface area contributed by atoms with Gasteiger partial charge >= 0.3 is 0 Å². The Bertz CT molecular complexity index is 725. The van der Waals surface area contributed by atoms with Crippen molar-refractivity contribution in [3.05, 3.63) is 46.7 Å². The van der Waals surface area contributed by atoms with Crippen LogP contribution < -0.4 is 5.32 Å². The predicted octanol–water partition coefficient (Wildman–Crippen LogP) is 3.36. The molecule has 2 saturated carbocycles. The SMILES string of the molecule is Cc1nn(-c2ccccc2)c(Cl)c1C(=O)NC1CC2CCC21. The van der Waals surface area contributed by atoms with Gasteiger partial charge < -0.3 is 5.32 Å². The first-order valence-electron chi connectivity index (χ1n) is 7.76. The first-order chi connectivity index (χ1) is 10.6. The lowest BCUT2D eigenvalue weighted by Crippen LogP contribution is -2.57. The van der Waals surface area contributed by atoms with E-state index in [2.05, 4.69) is 10.4 Å². The van der Waals surface area contributed by atoms with Gasteiger partial charge in [-0.25, -0.2) is 4.68 Å². The van der Waals surface area contributed by atoms with Gasteiger partial charge in [0.25, 0.3) is 5.91 Å². The summed E-state index contributed by atoms with van der Waals surface area (Å²) in [5.41, 5.74) is 2.02. The Hall–Kier alpha value is -1.81. The number of nitrogens with zero attached hydrogens (tertiary/aromatic N) is 2. The van der Waals surface area contributed by atoms with Crippen molar-refractivity contribution in [2.45, 2.75) is 32.2 Å². The average Bonchev–Trinajstić information content (AvgIpc) is 2.79. The number of carbonyl (C=O) groups excluding carboxylic acids is 1. The number of rotatable bonds is 3. The molecule has 0 saturated heterocycles. The monoisotopic (exact) mass is 315 g/mol. The summed E-state index contributed by atoms with van der Waals surface area (Å²) in [4.78, 5) is 12.6. The number of benzene rings is 1. The summed E-state index contributed by atoms with van der Waals surface area (Å²) in [5.74, 6) is 1.43. The van der Waals surface area contributed by atoms with Crippen molar-refractivity contribution >= 4 is 17.5 Å². The largest absolute Gasteiger partial charge is 0.349 e. The summed E-state index contributed by atoms with van der Waals surface area (Å²) in [6, 6.07) is 9.95. The normalized spacial score (nSPS) is 25.8. The van der Waals surface area contributed by atoms with Gasteiger partial charge in [0.05, 0.1) is 16.9 Å². The maximum atomic E-state index is 12.6. The number of amides is 1. The van der Waals surface area contributed by atoms with E-state index in [1.165, 1.54) is 12.8 Å². The summed E-state index contributed by atoms with van der Waals surface area (Å²) in [7, 11) is 0. The van der Waals surface area contributed by atoms with E-state index in [4.69, 9.17) is 11.6 Å². The number of para-hydroxylation sites is 1. The van der Waals surface area contributed by atoms with E-state index in [-0.39, 0.29) is 5.91 Å². The Morgan fingerprint density at radius 2 is 2.09 bits per heavy atom. The standard InChI is InChI=1S/C17H18ClN3O/c1-10-15(17(22)19-14-9-11-7-8-13(11)14)16(18)21(20-10)12-5-3-2-4-6-12/h2-6,11,13-14H,7-9H2,1H3,(H,19,22). The lowest BCUT2D eigenvalue weighted by Gasteiger charge is -2.53. The lowest BCUT2D eigenvalue weighted by molar-refractivity contribution is 0.00664. The molecule has 2 fully saturated rings. The van der Waals surface area contributed by atoms with E-state index in [0.717, 1.165) is 18.0 Å². The first-order valence-corrected chi connectivity index (χ1v) is 8.14. The molecule has 3 unspecified atom stereocenters. The highest BCUT2D eigenvalue weighted by Gasteiger charge is 2.47. The molecule has 0 radical (unpaired) electrons. The molecule has 5 heteroatoms. The third-order valence-electron chi connectivity index (χ3n) is 5.10. The number of aryl methyl sites for hydroxylation is 1. The van der Waals surface area contributed by atoms with Gasteiger partial charge in [0.1, 0.15) is 5.15 Å². The minimum Gasteiger partial charge on any atom is -0.349 e. The molecule has 2 aliphatic carbocycles. The summed E-state index contributed by atoms with van der Waals surface area (Å²) in [6.07, 6.45) is 3.67. The smallest absolute Gasteiger partial charge is 0.256 e. The molecule has 3 atom stereocenters. The van der Waals surface area contributed by atoms with Crippen molar-refractivity contribution in [2.75, 3.05) is 0 Å². The van der Waals surface area contributed by atoms with Crippen LogP contribution in [0, 0.1) is 18.8 Å². The third kappa shape index (κ3) is 2.05. The van der Waals surface area contributed by atoms with Gasteiger partial charge in [-0.2, -0.15) is 5.10 Å². The Labute approximate surface area is 134 Å². The number of hydrogen-bond donors (Lipinski definition) is 1. The summed E-state index contributed by atoms with van der Waals surface area (Å²) >= 11 is 6.42. The quantitative estimate of drug-likeness (QED) is 0.944. The second-order valence-electron chi connectivity index (χ2n) is 6.32. The Balaban J connectivity index is 1.59. The maximum Gasteiger partial charge on any atom is 0.256 e. The van der Waals surface area contributed by atoms with Crippen molar-refractivity contribution in [1.29, 1.82) is 0 Å². The third-order valence-corrected chi connectivity index (χ3v) is 5.45. The van der Waals surface area contributed by atoms with E-state index in [9.17, 15) is 4.79 Å². The van der Waals surface area contributed by atoms with Crippen LogP contribution in [0.3, 0.4) is 0 Å². The Kier molecular flexibility index (Phi) is 3.22. The summed E-state index contributed by atoms with van der Waals surface area (Å²) < 4.78 is 1.62. The van der Waals surface area contributed by atoms with Gasteiger partial charge in [-0.3, -0.25) is 4.79 Å². The van der Waals surface area contributed by atoms with Gasteiger partial charge in [0, 0.05) is 6.04 Å². The zero-order valence-corrected chi connectivity index (χ0v) is 13.2. The highest BCUT2D eigenvalue weighted by Crippen LogP contribution is 2.50. The highest BCUT2D eigenvalue weighted by molar-refractivity contribution is 6.33. The van der Waals surface area contributed by atoms with Gasteiger partial charge in [0.2, 0.25) is 0 Å². The van der Waals surface area contributed by atoms with E-state index in [1.54, 1.807) is 4.68 Å². The molecule has 1 aromatic heterocycles. The fraction of sp³-hybridized carbons (Fsp3) is 0.412. The fourth-order valence-electron chi connectivity index (χ4n) is 3.63. The molecule has 2 aromatic rings. The molecule has 1 aromatic carbocycles. The van der Waals surface area contributed by atoms with Crippen molar-refractivity contribution < 1.29 is 4.79 Å². The molecule has 1 heterocycles. The van der Waals surface area contributed by atoms with Crippen LogP contribution in [0.5, 0.6) is 0 Å². The molecule has 0 aliphatic heterocycles. The molecule has 1 amide bonds. The average molecular weight is 316 g/mol. The lowest BCUT2D eigenvalue weighted by atomic mass is 9.56. The molecule has 0 bridgehead atoms. The van der Waals surface area contributed by atoms with E-state index in [1.807, 2.05) is 37.3 Å². The number of aromatic nitrogens is 2. The number of fused-ring (bicyclic) bond motifs is 1. The van der Waals surface area contributed by atoms with Crippen LogP contribution in [0.2, 0.25) is 5.15 Å². The molecule has 0 spiro atoms. The molecule has 4 rings (SSSR count). The number of nitrogens with one attached hydrogen (secondary N) is 1. The van der Waals surface area contributed by atoms with Crippen LogP contribution in [0.15, 0.2) is 30.3 Å². The minimum atomic E-state index is -0.0972. The molecule has 1 N–H and O–H groups in total. The fourth-order valence-corrected chi connectivity index (χ4v) is 3.98. The van der Waals surface area contributed by atoms with E-state index in [0.29, 0.717) is 28.4 Å². The van der Waals surface area contributed by atoms with Gasteiger partial charge in [-0.05, 0) is 50.2 Å². The van der Waals surface area contributed by atoms with E-state index < -0.39 is 0 Å². The van der Waals surface area contributed by atoms with Gasteiger partial charge in [0.15, 0.2) is 0 Å². The first kappa shape index (κ1) is 13.8. The van der Waals surface area contributed by atoms with Crippen LogP contribution >= 0.6 is 11.6 Å². The van der Waals surface area contributed by atoms with Crippen LogP contribution in [0.1, 0.15) is 35.3 Å². The van der Waals surface area contributed by atoms with Gasteiger partial charge in [-0.15, -0.1) is 0 Å². The van der Waals surface area contributed by atoms with Crippen LogP contribution in [0.4, 0.5) is 0 Å². The van der Waals surface area contributed by atoms with E-state index >= 15 is 0 Å². The zero-order valence-electron chi connectivity index (χ0n) is 12.4. The summed E-state index contributed by atoms with van der Waals surface area (Å²) in [6.45, 7) is 1.83. The minimum absolute atomic E-state index is 0.0972. The van der Waals surface area contributed by atoms with Crippen LogP contribution in [-0.4, -0.2) is 21.7 Å². The molecular formula is C17H18ClN3O. The molecular weight excluding hydrogens is 298 g/mol. The number of halogens is 1. The van der Waals surface area contributed by atoms with Crippen molar-refractivity contribution in [3.63, 3.8) is 0 Å². The highest BCUT2D eigenvalue weighted by atomic mass is 35.5. The second-order valence-corrected chi connectivity index (χ2v) is 6.67. The Morgan fingerprint density at radius 3 is 2.68 bits per heavy atom. The zero-order chi connectivity index (χ0) is 15.3. The van der Waals surface area contributed by atoms with Gasteiger partial charge in [-0.1, -0.05) is 29.8 Å². The molecule has 4 nitrogen and oxygen atoms in total. The van der Waals surface area contributed by atoms with Crippen molar-refractivity contribution in [3.8, 4) is 5.69 Å². The topological polar surface area (TPSA) is 46.9 Å². The molecule has 22 heavy (non-hydrogen) atoms. The molecule has 114 valence electrons. The number of carbonyl (C=O) groups is 1. The van der Waals surface area contributed by atoms with Crippen molar-refractivity contribution in [1.82, 2.24) is 15.1 Å². The Morgan fingerprint density at radius 1 is 1.32 bits per heavy atom. The molecule has 2 aliphatic rings. The van der Waals surface area contributed by atoms with Crippen LogP contribution in [-0.2, 0) is 0 Å². The predicted molar refractivity (Wildman–Crippen MR) is 85.4 cm³/mol.